The number of unbranched alkanes of at least 4 members (excludes halogenated alkanes) is 1. The molecule has 0 saturated heterocycles. The number of aliphatic carboxylic acids is 1. The lowest BCUT2D eigenvalue weighted by atomic mass is 10.1. The van der Waals surface area contributed by atoms with Crippen molar-refractivity contribution >= 4 is 23.9 Å². The van der Waals surface area contributed by atoms with E-state index in [0.717, 1.165) is 0 Å². The van der Waals surface area contributed by atoms with Gasteiger partial charge in [0, 0.05) is 6.42 Å². The highest BCUT2D eigenvalue weighted by atomic mass is 16.6. The fourth-order valence-electron chi connectivity index (χ4n) is 1.52. The summed E-state index contributed by atoms with van der Waals surface area (Å²) in [5, 5.41) is 8.52. The van der Waals surface area contributed by atoms with Crippen LogP contribution in [-0.4, -0.2) is 53.8 Å². The quantitative estimate of drug-likeness (QED) is 0.114. The van der Waals surface area contributed by atoms with E-state index in [4.69, 9.17) is 32.8 Å². The third kappa shape index (κ3) is 10.6. The van der Waals surface area contributed by atoms with Crippen molar-refractivity contribution in [2.24, 2.45) is 22.9 Å². The van der Waals surface area contributed by atoms with Gasteiger partial charge in [0.05, 0.1) is 12.6 Å². The van der Waals surface area contributed by atoms with Crippen LogP contribution in [-0.2, 0) is 28.7 Å². The second-order valence-corrected chi connectivity index (χ2v) is 5.14. The van der Waals surface area contributed by atoms with Gasteiger partial charge in [0.1, 0.15) is 18.7 Å². The van der Waals surface area contributed by atoms with E-state index in [2.05, 4.69) is 4.74 Å². The van der Waals surface area contributed by atoms with Crippen molar-refractivity contribution in [3.8, 4) is 0 Å². The number of carbonyl (C=O) groups is 4. The molecular weight excluding hydrogens is 324 g/mol. The van der Waals surface area contributed by atoms with Gasteiger partial charge in [0.15, 0.2) is 0 Å². The predicted octanol–water partition coefficient (Wildman–Crippen LogP) is -2.47. The van der Waals surface area contributed by atoms with E-state index >= 15 is 0 Å². The monoisotopic (exact) mass is 348 g/mol. The largest absolute Gasteiger partial charge is 0.480 e. The molecule has 0 fully saturated rings. The topological polar surface area (TPSA) is 211 Å². The number of carboxylic acid groups (broad SMARTS) is 1. The van der Waals surface area contributed by atoms with Crippen LogP contribution in [0.2, 0.25) is 0 Å². The Bertz CT molecular complexity index is 456. The molecule has 0 rings (SSSR count). The fraction of sp³-hybridized carbons (Fsp3) is 0.692. The third-order valence-electron chi connectivity index (χ3n) is 2.80. The van der Waals surface area contributed by atoms with Gasteiger partial charge in [-0.15, -0.1) is 0 Å². The first-order valence-corrected chi connectivity index (χ1v) is 7.28. The summed E-state index contributed by atoms with van der Waals surface area (Å²) in [7, 11) is 0. The summed E-state index contributed by atoms with van der Waals surface area (Å²) in [6, 6.07) is -2.29. The molecule has 1 unspecified atom stereocenters. The van der Waals surface area contributed by atoms with Gasteiger partial charge in [-0.25, -0.2) is 0 Å². The highest BCUT2D eigenvalue weighted by Crippen LogP contribution is 2.06. The summed E-state index contributed by atoms with van der Waals surface area (Å²) in [5.41, 5.74) is 21.2. The van der Waals surface area contributed by atoms with Gasteiger partial charge in [-0.1, -0.05) is 6.42 Å². The summed E-state index contributed by atoms with van der Waals surface area (Å²) in [6.07, 6.45) is -0.436. The lowest BCUT2D eigenvalue weighted by Gasteiger charge is -2.12. The Hall–Kier alpha value is -2.08. The summed E-state index contributed by atoms with van der Waals surface area (Å²) < 4.78 is 9.16. The van der Waals surface area contributed by atoms with Gasteiger partial charge >= 0.3 is 23.9 Å². The Morgan fingerprint density at radius 3 is 2.08 bits per heavy atom. The van der Waals surface area contributed by atoms with Crippen molar-refractivity contribution in [1.29, 1.82) is 0 Å². The zero-order valence-electron chi connectivity index (χ0n) is 13.2. The van der Waals surface area contributed by atoms with Crippen molar-refractivity contribution < 1.29 is 33.8 Å². The molecule has 24 heavy (non-hydrogen) atoms. The van der Waals surface area contributed by atoms with E-state index in [1.807, 2.05) is 0 Å². The van der Waals surface area contributed by atoms with Crippen molar-refractivity contribution in [1.82, 2.24) is 0 Å². The van der Waals surface area contributed by atoms with Crippen LogP contribution in [0, 0.1) is 0 Å². The van der Waals surface area contributed by atoms with Gasteiger partial charge in [-0.2, -0.15) is 0 Å². The first-order chi connectivity index (χ1) is 11.1. The molecule has 138 valence electrons. The predicted molar refractivity (Wildman–Crippen MR) is 80.9 cm³/mol. The Labute approximate surface area is 138 Å². The van der Waals surface area contributed by atoms with Gasteiger partial charge in [0.2, 0.25) is 0 Å². The van der Waals surface area contributed by atoms with E-state index in [1.165, 1.54) is 0 Å². The molecule has 0 spiro atoms. The van der Waals surface area contributed by atoms with E-state index < -0.39 is 48.5 Å². The maximum atomic E-state index is 11.4. The lowest BCUT2D eigenvalue weighted by Crippen LogP contribution is -2.40. The molecule has 2 atom stereocenters. The van der Waals surface area contributed by atoms with Crippen LogP contribution in [0.15, 0.2) is 0 Å². The van der Waals surface area contributed by atoms with Crippen LogP contribution < -0.4 is 22.9 Å². The van der Waals surface area contributed by atoms with Gasteiger partial charge in [0.25, 0.3) is 0 Å². The average Bonchev–Trinajstić information content (AvgIpc) is 2.48. The molecule has 0 aromatic carbocycles. The summed E-state index contributed by atoms with van der Waals surface area (Å²) in [6.45, 7) is -0.139. The van der Waals surface area contributed by atoms with Gasteiger partial charge in [-0.3, -0.25) is 19.2 Å². The number of hydrogen-bond donors (Lipinski definition) is 5. The molecule has 0 aromatic heterocycles. The van der Waals surface area contributed by atoms with E-state index in [1.54, 1.807) is 0 Å². The van der Waals surface area contributed by atoms with Gasteiger partial charge in [-0.05, 0) is 12.8 Å². The number of hydrogen-bond acceptors (Lipinski definition) is 10. The lowest BCUT2D eigenvalue weighted by molar-refractivity contribution is -0.161. The Morgan fingerprint density at radius 2 is 1.54 bits per heavy atom. The van der Waals surface area contributed by atoms with Crippen LogP contribution in [0.5, 0.6) is 0 Å². The molecule has 0 saturated carbocycles. The van der Waals surface area contributed by atoms with Crippen LogP contribution in [0.1, 0.15) is 32.1 Å². The van der Waals surface area contributed by atoms with E-state index in [-0.39, 0.29) is 19.4 Å². The standard InChI is InChI=1S/C13H24N4O7/c14-7(13(22)23-6-9(16)17)3-1-2-4-10(18)24-11(19)5-8(15)12(20)21/h7-9H,1-6,14-17H2,(H,20,21)/t7?,8-/m0/s1. The Kier molecular flexibility index (Phi) is 10.5. The molecular formula is C13H24N4O7. The minimum Gasteiger partial charge on any atom is -0.480 e. The minimum absolute atomic E-state index is 0.0799. The average molecular weight is 348 g/mol. The molecule has 0 aromatic rings. The summed E-state index contributed by atoms with van der Waals surface area (Å²) in [5.74, 6) is -3.82. The highest BCUT2D eigenvalue weighted by molar-refractivity contribution is 5.88. The highest BCUT2D eigenvalue weighted by Gasteiger charge is 2.20. The van der Waals surface area contributed by atoms with Crippen LogP contribution in [0.3, 0.4) is 0 Å². The van der Waals surface area contributed by atoms with Crippen molar-refractivity contribution in [2.45, 2.75) is 50.4 Å². The molecule has 0 radical (unpaired) electrons. The second kappa shape index (κ2) is 11.5. The number of rotatable bonds is 11. The molecule has 11 heteroatoms. The van der Waals surface area contributed by atoms with E-state index in [0.29, 0.717) is 12.8 Å². The SMILES string of the molecule is NC(N)COC(=O)C(N)CCCCC(=O)OC(=O)C[C@H](N)C(=O)O. The Morgan fingerprint density at radius 1 is 0.917 bits per heavy atom. The zero-order chi connectivity index (χ0) is 18.7. The molecule has 0 aliphatic heterocycles. The van der Waals surface area contributed by atoms with Crippen LogP contribution in [0.25, 0.3) is 0 Å². The molecule has 11 nitrogen and oxygen atoms in total. The first-order valence-electron chi connectivity index (χ1n) is 7.28. The first kappa shape index (κ1) is 21.9. The number of ether oxygens (including phenoxy) is 2. The number of esters is 3. The molecule has 9 N–H and O–H groups in total. The number of carboxylic acids is 1. The number of carbonyl (C=O) groups excluding carboxylic acids is 3. The number of nitrogens with two attached hydrogens (primary N) is 4. The van der Waals surface area contributed by atoms with Crippen molar-refractivity contribution in [2.75, 3.05) is 6.61 Å². The maximum absolute atomic E-state index is 11.4. The molecule has 0 heterocycles. The third-order valence-corrected chi connectivity index (χ3v) is 2.80. The van der Waals surface area contributed by atoms with Crippen molar-refractivity contribution in [3.63, 3.8) is 0 Å². The molecule has 0 aliphatic carbocycles. The van der Waals surface area contributed by atoms with Crippen LogP contribution >= 0.6 is 0 Å². The van der Waals surface area contributed by atoms with Crippen LogP contribution in [0.4, 0.5) is 0 Å². The zero-order valence-corrected chi connectivity index (χ0v) is 13.2. The molecule has 0 amide bonds. The Balaban J connectivity index is 3.87. The second-order valence-electron chi connectivity index (χ2n) is 5.14. The fourth-order valence-corrected chi connectivity index (χ4v) is 1.52. The maximum Gasteiger partial charge on any atom is 0.323 e. The molecule has 0 aliphatic rings. The van der Waals surface area contributed by atoms with Crippen molar-refractivity contribution in [3.05, 3.63) is 0 Å². The summed E-state index contributed by atoms with van der Waals surface area (Å²) in [4.78, 5) is 44.5. The summed E-state index contributed by atoms with van der Waals surface area (Å²) >= 11 is 0. The van der Waals surface area contributed by atoms with E-state index in [9.17, 15) is 19.2 Å². The van der Waals surface area contributed by atoms with Gasteiger partial charge < -0.3 is 37.5 Å². The minimum atomic E-state index is -1.42. The normalized spacial score (nSPS) is 13.2. The smallest absolute Gasteiger partial charge is 0.323 e. The molecule has 0 bridgehead atoms.